The smallest absolute Gasteiger partial charge is 0.269 e. The second kappa shape index (κ2) is 10.2. The van der Waals surface area contributed by atoms with Crippen LogP contribution in [0, 0.1) is 10.1 Å². The molecule has 0 saturated heterocycles. The maximum atomic E-state index is 11.9. The van der Waals surface area contributed by atoms with Crippen LogP contribution in [0.1, 0.15) is 25.0 Å². The highest BCUT2D eigenvalue weighted by Crippen LogP contribution is 2.16. The lowest BCUT2D eigenvalue weighted by Crippen LogP contribution is -2.21. The fourth-order valence-corrected chi connectivity index (χ4v) is 3.02. The van der Waals surface area contributed by atoms with Crippen molar-refractivity contribution >= 4 is 40.7 Å². The van der Waals surface area contributed by atoms with Crippen molar-refractivity contribution in [3.8, 4) is 0 Å². The number of anilines is 1. The number of nitro groups is 1. The molecule has 0 aliphatic rings. The molecular formula is C19H20N4O4S. The third kappa shape index (κ3) is 6.84. The number of rotatable bonds is 8. The number of benzene rings is 2. The van der Waals surface area contributed by atoms with Gasteiger partial charge in [-0.15, -0.1) is 11.8 Å². The van der Waals surface area contributed by atoms with Crippen molar-refractivity contribution < 1.29 is 14.5 Å². The van der Waals surface area contributed by atoms with Gasteiger partial charge in [-0.2, -0.15) is 5.10 Å². The van der Waals surface area contributed by atoms with E-state index in [1.165, 1.54) is 30.8 Å². The highest BCUT2D eigenvalue weighted by atomic mass is 32.2. The number of nitro benzene ring substituents is 1. The minimum atomic E-state index is -0.448. The van der Waals surface area contributed by atoms with Gasteiger partial charge in [-0.1, -0.05) is 24.3 Å². The zero-order valence-corrected chi connectivity index (χ0v) is 16.3. The van der Waals surface area contributed by atoms with Gasteiger partial charge in [0.15, 0.2) is 0 Å². The van der Waals surface area contributed by atoms with E-state index in [0.29, 0.717) is 17.2 Å². The van der Waals surface area contributed by atoms with E-state index in [0.717, 1.165) is 11.1 Å². The van der Waals surface area contributed by atoms with Crippen molar-refractivity contribution in [3.05, 3.63) is 69.8 Å². The van der Waals surface area contributed by atoms with E-state index in [1.54, 1.807) is 37.3 Å². The first-order valence-electron chi connectivity index (χ1n) is 8.37. The fourth-order valence-electron chi connectivity index (χ4n) is 2.24. The van der Waals surface area contributed by atoms with Crippen molar-refractivity contribution in [2.75, 3.05) is 11.1 Å². The third-order valence-electron chi connectivity index (χ3n) is 3.60. The average molecular weight is 400 g/mol. The molecule has 0 heterocycles. The molecule has 2 N–H and O–H groups in total. The molecule has 0 spiro atoms. The van der Waals surface area contributed by atoms with Gasteiger partial charge in [0.1, 0.15) is 0 Å². The molecule has 9 heteroatoms. The van der Waals surface area contributed by atoms with Crippen molar-refractivity contribution in [1.29, 1.82) is 0 Å². The summed E-state index contributed by atoms with van der Waals surface area (Å²) in [4.78, 5) is 33.2. The summed E-state index contributed by atoms with van der Waals surface area (Å²) in [6.45, 7) is 3.19. The van der Waals surface area contributed by atoms with Gasteiger partial charge in [0.25, 0.3) is 5.69 Å². The molecule has 2 aromatic carbocycles. The topological polar surface area (TPSA) is 114 Å². The zero-order chi connectivity index (χ0) is 20.5. The summed E-state index contributed by atoms with van der Waals surface area (Å²) in [6, 6.07) is 13.4. The molecule has 0 unspecified atom stereocenters. The summed E-state index contributed by atoms with van der Waals surface area (Å²) >= 11 is 1.39. The molecule has 28 heavy (non-hydrogen) atoms. The third-order valence-corrected chi connectivity index (χ3v) is 4.60. The Hall–Kier alpha value is -3.20. The van der Waals surface area contributed by atoms with E-state index in [-0.39, 0.29) is 23.3 Å². The van der Waals surface area contributed by atoms with E-state index in [1.807, 2.05) is 6.07 Å². The minimum Gasteiger partial charge on any atom is -0.326 e. The lowest BCUT2D eigenvalue weighted by Gasteiger charge is -2.06. The number of carbonyl (C=O) groups is 2. The molecule has 8 nitrogen and oxygen atoms in total. The van der Waals surface area contributed by atoms with Crippen LogP contribution in [0.2, 0.25) is 0 Å². The van der Waals surface area contributed by atoms with E-state index < -0.39 is 4.92 Å². The van der Waals surface area contributed by atoms with E-state index in [9.17, 15) is 19.7 Å². The summed E-state index contributed by atoms with van der Waals surface area (Å²) in [7, 11) is 0. The van der Waals surface area contributed by atoms with Crippen LogP contribution in [-0.2, 0) is 15.3 Å². The highest BCUT2D eigenvalue weighted by molar-refractivity contribution is 7.99. The largest absolute Gasteiger partial charge is 0.326 e. The maximum Gasteiger partial charge on any atom is 0.269 e. The second-order valence-corrected chi connectivity index (χ2v) is 6.90. The van der Waals surface area contributed by atoms with Crippen molar-refractivity contribution in [2.45, 2.75) is 19.6 Å². The lowest BCUT2D eigenvalue weighted by molar-refractivity contribution is -0.384. The molecule has 146 valence electrons. The van der Waals surface area contributed by atoms with Gasteiger partial charge < -0.3 is 5.32 Å². The Labute approximate surface area is 166 Å². The lowest BCUT2D eigenvalue weighted by atomic mass is 10.1. The molecule has 2 aromatic rings. The first-order chi connectivity index (χ1) is 13.3. The number of amides is 2. The molecular weight excluding hydrogens is 380 g/mol. The quantitative estimate of drug-likeness (QED) is 0.401. The molecule has 0 aromatic heterocycles. The molecule has 0 bridgehead atoms. The Kier molecular flexibility index (Phi) is 7.70. The van der Waals surface area contributed by atoms with Crippen molar-refractivity contribution in [3.63, 3.8) is 0 Å². The molecule has 0 radical (unpaired) electrons. The first kappa shape index (κ1) is 21.1. The molecule has 2 rings (SSSR count). The van der Waals surface area contributed by atoms with Gasteiger partial charge in [-0.25, -0.2) is 5.43 Å². The number of hydrogen-bond donors (Lipinski definition) is 2. The van der Waals surface area contributed by atoms with Crippen molar-refractivity contribution in [1.82, 2.24) is 5.43 Å². The van der Waals surface area contributed by atoms with Crippen LogP contribution in [-0.4, -0.2) is 28.2 Å². The normalized spacial score (nSPS) is 11.0. The van der Waals surface area contributed by atoms with E-state index in [4.69, 9.17) is 0 Å². The Balaban J connectivity index is 1.82. The molecule has 0 aliphatic heterocycles. The molecule has 0 fully saturated rings. The predicted octanol–water partition coefficient (Wildman–Crippen LogP) is 3.33. The Morgan fingerprint density at radius 2 is 1.86 bits per heavy atom. The first-order valence-corrected chi connectivity index (χ1v) is 9.53. The van der Waals surface area contributed by atoms with Gasteiger partial charge in [-0.3, -0.25) is 19.7 Å². The average Bonchev–Trinajstić information content (AvgIpc) is 2.66. The SMILES string of the molecule is CC(=O)Nc1cccc(/C(C)=N/NC(=O)CSCc2ccc([N+](=O)[O-])cc2)c1. The Bertz CT molecular complexity index is 897. The number of thioether (sulfide) groups is 1. The summed E-state index contributed by atoms with van der Waals surface area (Å²) in [5.41, 5.74) is 5.50. The van der Waals surface area contributed by atoms with E-state index in [2.05, 4.69) is 15.8 Å². The van der Waals surface area contributed by atoms with Crippen LogP contribution >= 0.6 is 11.8 Å². The minimum absolute atomic E-state index is 0.0406. The molecule has 0 atom stereocenters. The molecule has 0 aliphatic carbocycles. The van der Waals surface area contributed by atoms with Gasteiger partial charge in [0.2, 0.25) is 11.8 Å². The maximum absolute atomic E-state index is 11.9. The van der Waals surface area contributed by atoms with Crippen LogP contribution in [0.25, 0.3) is 0 Å². The zero-order valence-electron chi connectivity index (χ0n) is 15.5. The number of hydrazone groups is 1. The van der Waals surface area contributed by atoms with Crippen LogP contribution in [0.3, 0.4) is 0 Å². The number of carbonyl (C=O) groups excluding carboxylic acids is 2. The summed E-state index contributed by atoms with van der Waals surface area (Å²) in [5.74, 6) is 0.362. The summed E-state index contributed by atoms with van der Waals surface area (Å²) in [5, 5.41) is 17.4. The highest BCUT2D eigenvalue weighted by Gasteiger charge is 2.06. The monoisotopic (exact) mass is 400 g/mol. The van der Waals surface area contributed by atoms with Gasteiger partial charge in [0, 0.05) is 30.5 Å². The fraction of sp³-hybridized carbons (Fsp3) is 0.211. The summed E-state index contributed by atoms with van der Waals surface area (Å²) < 4.78 is 0. The van der Waals surface area contributed by atoms with Crippen LogP contribution in [0.15, 0.2) is 53.6 Å². The van der Waals surface area contributed by atoms with Crippen LogP contribution in [0.5, 0.6) is 0 Å². The van der Waals surface area contributed by atoms with Gasteiger partial charge in [-0.05, 0) is 30.2 Å². The van der Waals surface area contributed by atoms with E-state index >= 15 is 0 Å². The van der Waals surface area contributed by atoms with Crippen LogP contribution in [0.4, 0.5) is 11.4 Å². The molecule has 0 saturated carbocycles. The predicted molar refractivity (Wildman–Crippen MR) is 110 cm³/mol. The van der Waals surface area contributed by atoms with Crippen LogP contribution < -0.4 is 10.7 Å². The van der Waals surface area contributed by atoms with Gasteiger partial charge in [0.05, 0.1) is 16.4 Å². The molecule has 2 amide bonds. The van der Waals surface area contributed by atoms with Crippen molar-refractivity contribution in [2.24, 2.45) is 5.10 Å². The Morgan fingerprint density at radius 3 is 2.50 bits per heavy atom. The number of nitrogens with one attached hydrogen (secondary N) is 2. The second-order valence-electron chi connectivity index (χ2n) is 5.91. The number of non-ortho nitro benzene ring substituents is 1. The summed E-state index contributed by atoms with van der Waals surface area (Å²) in [6.07, 6.45) is 0. The number of hydrogen-bond acceptors (Lipinski definition) is 6. The Morgan fingerprint density at radius 1 is 1.14 bits per heavy atom. The standard InChI is InChI=1S/C19H20N4O4S/c1-13(16-4-3-5-17(10-16)20-14(2)24)21-22-19(25)12-28-11-15-6-8-18(9-7-15)23(26)27/h3-10H,11-12H2,1-2H3,(H,20,24)(H,22,25)/b21-13+. The van der Waals surface area contributed by atoms with Gasteiger partial charge >= 0.3 is 0 Å². The number of nitrogens with zero attached hydrogens (tertiary/aromatic N) is 2.